The lowest BCUT2D eigenvalue weighted by Crippen LogP contribution is -2.27. The van der Waals surface area contributed by atoms with Crippen LogP contribution in [0.2, 0.25) is 5.02 Å². The molecule has 1 unspecified atom stereocenters. The van der Waals surface area contributed by atoms with Gasteiger partial charge < -0.3 is 11.5 Å². The highest BCUT2D eigenvalue weighted by atomic mass is 35.5. The van der Waals surface area contributed by atoms with Gasteiger partial charge in [-0.1, -0.05) is 17.7 Å². The molecule has 1 amide bonds. The summed E-state index contributed by atoms with van der Waals surface area (Å²) >= 11 is 6.11. The van der Waals surface area contributed by atoms with Crippen LogP contribution in [0.1, 0.15) is 12.0 Å². The smallest absolute Gasteiger partial charge is 0.221 e. The van der Waals surface area contributed by atoms with Gasteiger partial charge in [0.25, 0.3) is 0 Å². The highest BCUT2D eigenvalue weighted by Crippen LogP contribution is 2.26. The fourth-order valence-electron chi connectivity index (χ4n) is 2.17. The number of halogens is 1. The van der Waals surface area contributed by atoms with Crippen LogP contribution in [0.5, 0.6) is 0 Å². The van der Waals surface area contributed by atoms with E-state index in [1.807, 2.05) is 18.2 Å². The normalized spacial score (nSPS) is 20.6. The minimum Gasteiger partial charge on any atom is -0.398 e. The average molecular weight is 254 g/mol. The maximum Gasteiger partial charge on any atom is 0.221 e. The summed E-state index contributed by atoms with van der Waals surface area (Å²) in [6, 6.07) is 5.50. The Hall–Kier alpha value is -1.26. The van der Waals surface area contributed by atoms with Crippen molar-refractivity contribution in [3.05, 3.63) is 28.8 Å². The summed E-state index contributed by atoms with van der Waals surface area (Å²) in [5.74, 6) is -0.265. The largest absolute Gasteiger partial charge is 0.398 e. The van der Waals surface area contributed by atoms with Crippen molar-refractivity contribution in [2.24, 2.45) is 11.7 Å². The summed E-state index contributed by atoms with van der Waals surface area (Å²) in [5.41, 5.74) is 12.8. The number of benzene rings is 1. The van der Waals surface area contributed by atoms with Crippen LogP contribution < -0.4 is 11.5 Å². The zero-order valence-corrected chi connectivity index (χ0v) is 10.3. The van der Waals surface area contributed by atoms with Gasteiger partial charge in [0.15, 0.2) is 0 Å². The van der Waals surface area contributed by atoms with Gasteiger partial charge in [0, 0.05) is 29.4 Å². The van der Waals surface area contributed by atoms with Gasteiger partial charge in [-0.05, 0) is 25.1 Å². The van der Waals surface area contributed by atoms with E-state index in [0.717, 1.165) is 18.5 Å². The molecular formula is C12H16ClN3O. The van der Waals surface area contributed by atoms with E-state index in [2.05, 4.69) is 4.90 Å². The lowest BCUT2D eigenvalue weighted by Gasteiger charge is -2.17. The Morgan fingerprint density at radius 3 is 2.88 bits per heavy atom. The van der Waals surface area contributed by atoms with Crippen LogP contribution in [0.15, 0.2) is 18.2 Å². The molecule has 0 saturated carbocycles. The predicted molar refractivity (Wildman–Crippen MR) is 68.4 cm³/mol. The molecule has 1 aliphatic rings. The first-order valence-corrected chi connectivity index (χ1v) is 6.00. The molecule has 4 nitrogen and oxygen atoms in total. The topological polar surface area (TPSA) is 72.4 Å². The molecule has 2 rings (SSSR count). The molecule has 1 aliphatic heterocycles. The van der Waals surface area contributed by atoms with Crippen molar-refractivity contribution < 1.29 is 4.79 Å². The molecule has 0 aliphatic carbocycles. The summed E-state index contributed by atoms with van der Waals surface area (Å²) in [7, 11) is 0. The van der Waals surface area contributed by atoms with Crippen LogP contribution >= 0.6 is 11.6 Å². The highest BCUT2D eigenvalue weighted by molar-refractivity contribution is 6.31. The number of primary amides is 1. The van der Waals surface area contributed by atoms with Crippen LogP contribution in [0.4, 0.5) is 5.69 Å². The highest BCUT2D eigenvalue weighted by Gasteiger charge is 2.27. The number of nitrogens with zero attached hydrogens (tertiary/aromatic N) is 1. The number of amides is 1. The number of nitrogen functional groups attached to an aromatic ring is 1. The van der Waals surface area contributed by atoms with Gasteiger partial charge >= 0.3 is 0 Å². The Labute approximate surface area is 106 Å². The van der Waals surface area contributed by atoms with Crippen LogP contribution in [0.3, 0.4) is 0 Å². The van der Waals surface area contributed by atoms with E-state index in [1.165, 1.54) is 0 Å². The number of hydrogen-bond acceptors (Lipinski definition) is 3. The van der Waals surface area contributed by atoms with Crippen molar-refractivity contribution in [3.63, 3.8) is 0 Å². The van der Waals surface area contributed by atoms with Gasteiger partial charge in [0.2, 0.25) is 5.91 Å². The second-order valence-electron chi connectivity index (χ2n) is 4.43. The molecular weight excluding hydrogens is 238 g/mol. The minimum atomic E-state index is -0.223. The molecule has 1 atom stereocenters. The van der Waals surface area contributed by atoms with Crippen molar-refractivity contribution >= 4 is 23.2 Å². The molecule has 1 heterocycles. The second kappa shape index (κ2) is 4.94. The van der Waals surface area contributed by atoms with E-state index in [0.29, 0.717) is 23.8 Å². The average Bonchev–Trinajstić information content (AvgIpc) is 2.72. The quantitative estimate of drug-likeness (QED) is 0.796. The van der Waals surface area contributed by atoms with Gasteiger partial charge in [-0.3, -0.25) is 9.69 Å². The van der Waals surface area contributed by atoms with Crippen LogP contribution in [-0.2, 0) is 11.3 Å². The summed E-state index contributed by atoms with van der Waals surface area (Å²) in [4.78, 5) is 13.2. The van der Waals surface area contributed by atoms with Gasteiger partial charge in [0.1, 0.15) is 0 Å². The van der Waals surface area contributed by atoms with E-state index in [1.54, 1.807) is 0 Å². The van der Waals surface area contributed by atoms with Crippen LogP contribution in [0, 0.1) is 5.92 Å². The third-order valence-electron chi connectivity index (χ3n) is 3.21. The Morgan fingerprint density at radius 1 is 1.53 bits per heavy atom. The summed E-state index contributed by atoms with van der Waals surface area (Å²) in [6.07, 6.45) is 0.819. The van der Waals surface area contributed by atoms with Crippen molar-refractivity contribution in [2.75, 3.05) is 18.8 Å². The lowest BCUT2D eigenvalue weighted by molar-refractivity contribution is -0.121. The van der Waals surface area contributed by atoms with Crippen molar-refractivity contribution in [2.45, 2.75) is 13.0 Å². The number of carbonyl (C=O) groups excluding carboxylic acids is 1. The summed E-state index contributed by atoms with van der Waals surface area (Å²) in [6.45, 7) is 2.23. The Kier molecular flexibility index (Phi) is 3.54. The van der Waals surface area contributed by atoms with Crippen molar-refractivity contribution in [3.8, 4) is 0 Å². The predicted octanol–water partition coefficient (Wildman–Crippen LogP) is 1.23. The molecule has 1 aromatic rings. The molecule has 1 fully saturated rings. The molecule has 92 valence electrons. The second-order valence-corrected chi connectivity index (χ2v) is 4.84. The molecule has 17 heavy (non-hydrogen) atoms. The fraction of sp³-hybridized carbons (Fsp3) is 0.417. The summed E-state index contributed by atoms with van der Waals surface area (Å²) < 4.78 is 0. The number of hydrogen-bond donors (Lipinski definition) is 2. The van der Waals surface area contributed by atoms with Gasteiger partial charge in [-0.2, -0.15) is 0 Å². The fourth-order valence-corrected chi connectivity index (χ4v) is 2.42. The maximum atomic E-state index is 11.1. The maximum absolute atomic E-state index is 11.1. The van der Waals surface area contributed by atoms with E-state index >= 15 is 0 Å². The third-order valence-corrected chi connectivity index (χ3v) is 3.57. The van der Waals surface area contributed by atoms with E-state index in [4.69, 9.17) is 23.1 Å². The Bertz CT molecular complexity index is 416. The van der Waals surface area contributed by atoms with Gasteiger partial charge in [0.05, 0.1) is 5.92 Å². The lowest BCUT2D eigenvalue weighted by atomic mass is 10.1. The van der Waals surface area contributed by atoms with Gasteiger partial charge in [-0.15, -0.1) is 0 Å². The first kappa shape index (κ1) is 12.2. The van der Waals surface area contributed by atoms with Crippen molar-refractivity contribution in [1.29, 1.82) is 0 Å². The number of anilines is 1. The van der Waals surface area contributed by atoms with Gasteiger partial charge in [-0.25, -0.2) is 0 Å². The molecule has 0 radical (unpaired) electrons. The summed E-state index contributed by atoms with van der Waals surface area (Å²) in [5, 5.41) is 0.674. The standard InChI is InChI=1S/C12H16ClN3O/c13-10-2-1-3-11(14)9(10)7-16-5-4-8(6-16)12(15)17/h1-3,8H,4-7,14H2,(H2,15,17). The van der Waals surface area contributed by atoms with Crippen LogP contribution in [-0.4, -0.2) is 23.9 Å². The molecule has 4 N–H and O–H groups in total. The Morgan fingerprint density at radius 2 is 2.29 bits per heavy atom. The SMILES string of the molecule is NC(=O)C1CCN(Cc2c(N)cccc2Cl)C1. The molecule has 0 spiro atoms. The first-order chi connectivity index (χ1) is 8.08. The molecule has 0 aromatic heterocycles. The number of rotatable bonds is 3. The Balaban J connectivity index is 2.05. The molecule has 1 saturated heterocycles. The zero-order chi connectivity index (χ0) is 12.4. The number of carbonyl (C=O) groups is 1. The third kappa shape index (κ3) is 2.70. The minimum absolute atomic E-state index is 0.0429. The zero-order valence-electron chi connectivity index (χ0n) is 9.53. The number of nitrogens with two attached hydrogens (primary N) is 2. The van der Waals surface area contributed by atoms with E-state index in [-0.39, 0.29) is 11.8 Å². The van der Waals surface area contributed by atoms with Crippen molar-refractivity contribution in [1.82, 2.24) is 4.90 Å². The van der Waals surface area contributed by atoms with E-state index < -0.39 is 0 Å². The van der Waals surface area contributed by atoms with E-state index in [9.17, 15) is 4.79 Å². The monoisotopic (exact) mass is 253 g/mol. The first-order valence-electron chi connectivity index (χ1n) is 5.62. The number of likely N-dealkylation sites (tertiary alicyclic amines) is 1. The molecule has 5 heteroatoms. The van der Waals surface area contributed by atoms with Crippen LogP contribution in [0.25, 0.3) is 0 Å². The molecule has 0 bridgehead atoms. The molecule has 1 aromatic carbocycles.